The molecule has 0 aromatic heterocycles. The van der Waals surface area contributed by atoms with Gasteiger partial charge in [-0.2, -0.15) is 0 Å². The van der Waals surface area contributed by atoms with E-state index in [4.69, 9.17) is 10.8 Å². The molecule has 1 aliphatic rings. The zero-order valence-electron chi connectivity index (χ0n) is 9.77. The van der Waals surface area contributed by atoms with Crippen LogP contribution in [-0.4, -0.2) is 35.0 Å². The third-order valence-electron chi connectivity index (χ3n) is 2.85. The Morgan fingerprint density at radius 2 is 2.00 bits per heavy atom. The number of Topliss-reactive ketones (excluding diaryl/α,β-unsaturated/α-hetero) is 1. The SMILES string of the molecule is CC(C)C[C@H](NC1CC(N)C1)C(=O)C(=O)O. The van der Waals surface area contributed by atoms with Gasteiger partial charge in [-0.3, -0.25) is 4.79 Å². The Morgan fingerprint density at radius 3 is 2.38 bits per heavy atom. The van der Waals surface area contributed by atoms with E-state index in [0.717, 1.165) is 12.8 Å². The number of nitrogens with one attached hydrogen (secondary N) is 1. The average Bonchev–Trinajstić information content (AvgIpc) is 2.12. The van der Waals surface area contributed by atoms with Gasteiger partial charge in [-0.25, -0.2) is 4.79 Å². The number of hydrogen-bond acceptors (Lipinski definition) is 4. The molecular weight excluding hydrogens is 208 g/mol. The summed E-state index contributed by atoms with van der Waals surface area (Å²) in [5, 5.41) is 11.8. The average molecular weight is 228 g/mol. The molecule has 0 heterocycles. The highest BCUT2D eigenvalue weighted by molar-refractivity contribution is 6.34. The summed E-state index contributed by atoms with van der Waals surface area (Å²) in [6, 6.07) is -0.186. The first-order chi connectivity index (χ1) is 7.40. The Bertz CT molecular complexity index is 272. The summed E-state index contributed by atoms with van der Waals surface area (Å²) in [5.74, 6) is -1.81. The number of rotatable bonds is 6. The molecule has 0 radical (unpaired) electrons. The van der Waals surface area contributed by atoms with E-state index in [0.29, 0.717) is 6.42 Å². The highest BCUT2D eigenvalue weighted by atomic mass is 16.4. The predicted octanol–water partition coefficient (Wildman–Crippen LogP) is 0.134. The predicted molar refractivity (Wildman–Crippen MR) is 60.0 cm³/mol. The highest BCUT2D eigenvalue weighted by Gasteiger charge is 2.32. The van der Waals surface area contributed by atoms with Gasteiger partial charge in [0.15, 0.2) is 0 Å². The maximum Gasteiger partial charge on any atom is 0.373 e. The fourth-order valence-corrected chi connectivity index (χ4v) is 1.95. The Morgan fingerprint density at radius 1 is 1.44 bits per heavy atom. The molecule has 1 saturated carbocycles. The second kappa shape index (κ2) is 5.41. The zero-order valence-corrected chi connectivity index (χ0v) is 9.77. The first kappa shape index (κ1) is 13.1. The van der Waals surface area contributed by atoms with Gasteiger partial charge in [0.25, 0.3) is 5.78 Å². The van der Waals surface area contributed by atoms with Crippen LogP contribution >= 0.6 is 0 Å². The number of carbonyl (C=O) groups is 2. The molecule has 1 aliphatic carbocycles. The molecule has 5 nitrogen and oxygen atoms in total. The molecule has 0 aliphatic heterocycles. The maximum atomic E-state index is 11.4. The van der Waals surface area contributed by atoms with E-state index in [2.05, 4.69) is 5.32 Å². The highest BCUT2D eigenvalue weighted by Crippen LogP contribution is 2.19. The van der Waals surface area contributed by atoms with Gasteiger partial charge in [0.2, 0.25) is 0 Å². The molecule has 1 fully saturated rings. The second-order valence-corrected chi connectivity index (χ2v) is 4.95. The summed E-state index contributed by atoms with van der Waals surface area (Å²) in [6.45, 7) is 3.94. The summed E-state index contributed by atoms with van der Waals surface area (Å²) in [7, 11) is 0. The van der Waals surface area contributed by atoms with Crippen LogP contribution in [0.5, 0.6) is 0 Å². The number of ketones is 1. The summed E-state index contributed by atoms with van der Waals surface area (Å²) in [4.78, 5) is 22.1. The first-order valence-corrected chi connectivity index (χ1v) is 5.69. The van der Waals surface area contributed by atoms with Crippen molar-refractivity contribution in [1.82, 2.24) is 5.32 Å². The molecule has 0 unspecified atom stereocenters. The molecule has 0 saturated heterocycles. The van der Waals surface area contributed by atoms with Crippen molar-refractivity contribution in [3.63, 3.8) is 0 Å². The fraction of sp³-hybridized carbons (Fsp3) is 0.818. The topological polar surface area (TPSA) is 92.4 Å². The van der Waals surface area contributed by atoms with Crippen LogP contribution in [0.25, 0.3) is 0 Å². The summed E-state index contributed by atoms with van der Waals surface area (Å²) in [5.41, 5.74) is 5.64. The molecule has 5 heteroatoms. The molecule has 0 bridgehead atoms. The first-order valence-electron chi connectivity index (χ1n) is 5.69. The monoisotopic (exact) mass is 228 g/mol. The van der Waals surface area contributed by atoms with Gasteiger partial charge in [-0.05, 0) is 25.2 Å². The van der Waals surface area contributed by atoms with Crippen molar-refractivity contribution >= 4 is 11.8 Å². The minimum atomic E-state index is -1.36. The van der Waals surface area contributed by atoms with Gasteiger partial charge < -0.3 is 16.2 Å². The molecule has 0 spiro atoms. The number of aliphatic carboxylic acids is 1. The second-order valence-electron chi connectivity index (χ2n) is 4.95. The van der Waals surface area contributed by atoms with Crippen molar-refractivity contribution in [1.29, 1.82) is 0 Å². The molecule has 0 aromatic carbocycles. The summed E-state index contributed by atoms with van der Waals surface area (Å²) < 4.78 is 0. The lowest BCUT2D eigenvalue weighted by molar-refractivity contribution is -0.150. The lowest BCUT2D eigenvalue weighted by Crippen LogP contribution is -2.54. The van der Waals surface area contributed by atoms with Gasteiger partial charge in [0.05, 0.1) is 6.04 Å². The van der Waals surface area contributed by atoms with Crippen LogP contribution in [0.4, 0.5) is 0 Å². The largest absolute Gasteiger partial charge is 0.475 e. The number of hydrogen-bond donors (Lipinski definition) is 3. The van der Waals surface area contributed by atoms with Crippen LogP contribution in [0.1, 0.15) is 33.1 Å². The van der Waals surface area contributed by atoms with E-state index in [1.54, 1.807) is 0 Å². The Hall–Kier alpha value is -0.940. The summed E-state index contributed by atoms with van der Waals surface area (Å²) in [6.07, 6.45) is 2.19. The van der Waals surface area contributed by atoms with Crippen molar-refractivity contribution in [3.8, 4) is 0 Å². The third-order valence-corrected chi connectivity index (χ3v) is 2.85. The quantitative estimate of drug-likeness (QED) is 0.562. The molecule has 4 N–H and O–H groups in total. The van der Waals surface area contributed by atoms with Crippen molar-refractivity contribution in [3.05, 3.63) is 0 Å². The summed E-state index contributed by atoms with van der Waals surface area (Å²) >= 11 is 0. The zero-order chi connectivity index (χ0) is 12.3. The van der Waals surface area contributed by atoms with Gasteiger partial charge in [0.1, 0.15) is 0 Å². The Labute approximate surface area is 95.4 Å². The standard InChI is InChI=1S/C11H20N2O3/c1-6(2)3-9(10(14)11(15)16)13-8-4-7(12)5-8/h6-9,13H,3-5,12H2,1-2H3,(H,15,16)/t7?,8?,9-/m0/s1. The number of nitrogens with two attached hydrogens (primary N) is 1. The number of carboxylic acids is 1. The molecule has 0 aromatic rings. The van der Waals surface area contributed by atoms with Crippen LogP contribution in [0.2, 0.25) is 0 Å². The molecule has 1 rings (SSSR count). The van der Waals surface area contributed by atoms with Crippen LogP contribution in [-0.2, 0) is 9.59 Å². The van der Waals surface area contributed by atoms with Crippen LogP contribution < -0.4 is 11.1 Å². The Balaban J connectivity index is 2.50. The molecule has 0 amide bonds. The van der Waals surface area contributed by atoms with E-state index >= 15 is 0 Å². The van der Waals surface area contributed by atoms with E-state index in [-0.39, 0.29) is 18.0 Å². The molecule has 1 atom stereocenters. The van der Waals surface area contributed by atoms with Crippen LogP contribution in [0, 0.1) is 5.92 Å². The normalized spacial score (nSPS) is 26.2. The van der Waals surface area contributed by atoms with Crippen molar-refractivity contribution in [2.45, 2.75) is 51.2 Å². The van der Waals surface area contributed by atoms with Crippen LogP contribution in [0.15, 0.2) is 0 Å². The Kier molecular flexibility index (Phi) is 4.44. The van der Waals surface area contributed by atoms with Crippen molar-refractivity contribution < 1.29 is 14.7 Å². The van der Waals surface area contributed by atoms with Gasteiger partial charge >= 0.3 is 5.97 Å². The van der Waals surface area contributed by atoms with E-state index in [1.165, 1.54) is 0 Å². The molecule has 92 valence electrons. The van der Waals surface area contributed by atoms with Gasteiger partial charge in [-0.1, -0.05) is 13.8 Å². The van der Waals surface area contributed by atoms with E-state index < -0.39 is 17.8 Å². The van der Waals surface area contributed by atoms with Gasteiger partial charge in [0, 0.05) is 12.1 Å². The van der Waals surface area contributed by atoms with E-state index in [9.17, 15) is 9.59 Å². The number of carboxylic acid groups (broad SMARTS) is 1. The molecule has 16 heavy (non-hydrogen) atoms. The third kappa shape index (κ3) is 3.57. The van der Waals surface area contributed by atoms with Crippen molar-refractivity contribution in [2.24, 2.45) is 11.7 Å². The minimum absolute atomic E-state index is 0.192. The van der Waals surface area contributed by atoms with Crippen LogP contribution in [0.3, 0.4) is 0 Å². The smallest absolute Gasteiger partial charge is 0.373 e. The minimum Gasteiger partial charge on any atom is -0.475 e. The van der Waals surface area contributed by atoms with Crippen molar-refractivity contribution in [2.75, 3.05) is 0 Å². The van der Waals surface area contributed by atoms with Gasteiger partial charge in [-0.15, -0.1) is 0 Å². The maximum absolute atomic E-state index is 11.4. The lowest BCUT2D eigenvalue weighted by Gasteiger charge is -2.35. The van der Waals surface area contributed by atoms with E-state index in [1.807, 2.05) is 13.8 Å². The lowest BCUT2D eigenvalue weighted by atomic mass is 9.86. The fourth-order valence-electron chi connectivity index (χ4n) is 1.95. The number of carbonyl (C=O) groups excluding carboxylic acids is 1. The molecular formula is C11H20N2O3.